The van der Waals surface area contributed by atoms with E-state index in [1.165, 1.54) is 6.07 Å². The maximum absolute atomic E-state index is 10.9. The molecule has 20 heavy (non-hydrogen) atoms. The summed E-state index contributed by atoms with van der Waals surface area (Å²) in [5.41, 5.74) is 2.79. The molecule has 6 heteroatoms. The maximum atomic E-state index is 10.9. The number of fused-ring (bicyclic) bond motifs is 1. The molecule has 3 rings (SSSR count). The molecule has 2 N–H and O–H groups in total. The molecular formula is C14H12N2O4. The molecule has 0 fully saturated rings. The van der Waals surface area contributed by atoms with E-state index < -0.39 is 5.97 Å². The van der Waals surface area contributed by atoms with Crippen molar-refractivity contribution >= 4 is 16.9 Å². The van der Waals surface area contributed by atoms with E-state index in [1.54, 1.807) is 12.1 Å². The minimum Gasteiger partial charge on any atom is -0.507 e. The third-order valence-electron chi connectivity index (χ3n) is 3.47. The summed E-state index contributed by atoms with van der Waals surface area (Å²) in [7, 11) is 1.87. The highest BCUT2D eigenvalue weighted by Gasteiger charge is 2.21. The molecule has 2 aromatic heterocycles. The maximum Gasteiger partial charge on any atom is 0.374 e. The number of aromatic nitrogens is 2. The first-order valence-corrected chi connectivity index (χ1v) is 5.98. The lowest BCUT2D eigenvalue weighted by Crippen LogP contribution is -1.92. The molecule has 0 aliphatic heterocycles. The number of aryl methyl sites for hydroxylation is 1. The first kappa shape index (κ1) is 12.3. The summed E-state index contributed by atoms with van der Waals surface area (Å²) in [6.45, 7) is 1.88. The van der Waals surface area contributed by atoms with Gasteiger partial charge in [0.05, 0.1) is 10.9 Å². The number of carboxylic acids is 1. The van der Waals surface area contributed by atoms with Crippen molar-refractivity contribution in [1.29, 1.82) is 0 Å². The molecule has 0 saturated heterocycles. The van der Waals surface area contributed by atoms with Gasteiger partial charge >= 0.3 is 5.97 Å². The van der Waals surface area contributed by atoms with Crippen LogP contribution >= 0.6 is 0 Å². The van der Waals surface area contributed by atoms with Crippen LogP contribution in [0.15, 0.2) is 28.8 Å². The fraction of sp³-hybridized carbons (Fsp3) is 0.143. The van der Waals surface area contributed by atoms with Crippen LogP contribution in [0.25, 0.3) is 22.2 Å². The minimum atomic E-state index is -1.18. The van der Waals surface area contributed by atoms with Crippen molar-refractivity contribution in [3.8, 4) is 17.0 Å². The number of hydrogen-bond acceptors (Lipinski definition) is 4. The molecule has 3 aromatic rings. The van der Waals surface area contributed by atoms with Crippen molar-refractivity contribution in [2.75, 3.05) is 0 Å². The lowest BCUT2D eigenvalue weighted by Gasteiger charge is -1.97. The van der Waals surface area contributed by atoms with Crippen LogP contribution in [0.1, 0.15) is 16.2 Å². The van der Waals surface area contributed by atoms with E-state index in [4.69, 9.17) is 9.63 Å². The van der Waals surface area contributed by atoms with Gasteiger partial charge in [-0.15, -0.1) is 0 Å². The molecule has 0 radical (unpaired) electrons. The standard InChI is InChI=1S/C14H12N2O4/c1-7-12(8-6-11(14(18)19)20-15-8)13-9(16(7)2)4-3-5-10(13)17/h3-6,17H,1-2H3,(H,18,19). The smallest absolute Gasteiger partial charge is 0.374 e. The van der Waals surface area contributed by atoms with Crippen molar-refractivity contribution < 1.29 is 19.5 Å². The molecule has 0 aliphatic carbocycles. The number of rotatable bonds is 2. The summed E-state index contributed by atoms with van der Waals surface area (Å²) in [5.74, 6) is -1.28. The van der Waals surface area contributed by atoms with Crippen LogP contribution in [0.4, 0.5) is 0 Å². The summed E-state index contributed by atoms with van der Waals surface area (Å²) >= 11 is 0. The van der Waals surface area contributed by atoms with E-state index in [-0.39, 0.29) is 11.5 Å². The van der Waals surface area contributed by atoms with Crippen LogP contribution in [0.2, 0.25) is 0 Å². The Morgan fingerprint density at radius 3 is 2.80 bits per heavy atom. The Bertz CT molecular complexity index is 829. The number of nitrogens with zero attached hydrogens (tertiary/aromatic N) is 2. The molecule has 0 atom stereocenters. The first-order valence-electron chi connectivity index (χ1n) is 5.98. The largest absolute Gasteiger partial charge is 0.507 e. The lowest BCUT2D eigenvalue weighted by atomic mass is 10.1. The number of carbonyl (C=O) groups is 1. The van der Waals surface area contributed by atoms with Gasteiger partial charge in [0.2, 0.25) is 5.76 Å². The Morgan fingerprint density at radius 2 is 2.15 bits per heavy atom. The second kappa shape index (κ2) is 4.12. The molecule has 2 heterocycles. The van der Waals surface area contributed by atoms with Gasteiger partial charge in [-0.25, -0.2) is 4.79 Å². The average molecular weight is 272 g/mol. The Hall–Kier alpha value is -2.76. The normalized spacial score (nSPS) is 11.1. The molecule has 0 amide bonds. The molecule has 0 saturated carbocycles. The van der Waals surface area contributed by atoms with Crippen LogP contribution in [0.5, 0.6) is 5.75 Å². The van der Waals surface area contributed by atoms with Crippen molar-refractivity contribution in [2.45, 2.75) is 6.92 Å². The number of aromatic hydroxyl groups is 1. The number of carboxylic acid groups (broad SMARTS) is 1. The molecule has 102 valence electrons. The van der Waals surface area contributed by atoms with Crippen LogP contribution in [-0.4, -0.2) is 25.9 Å². The summed E-state index contributed by atoms with van der Waals surface area (Å²) in [6.07, 6.45) is 0. The van der Waals surface area contributed by atoms with E-state index in [2.05, 4.69) is 5.16 Å². The third kappa shape index (κ3) is 1.58. The monoisotopic (exact) mass is 272 g/mol. The van der Waals surface area contributed by atoms with Crippen molar-refractivity contribution in [3.05, 3.63) is 35.7 Å². The highest BCUT2D eigenvalue weighted by molar-refractivity contribution is 6.01. The van der Waals surface area contributed by atoms with Crippen LogP contribution in [0, 0.1) is 6.92 Å². The summed E-state index contributed by atoms with van der Waals surface area (Å²) in [4.78, 5) is 10.9. The van der Waals surface area contributed by atoms with Gasteiger partial charge in [-0.05, 0) is 19.1 Å². The van der Waals surface area contributed by atoms with Crippen molar-refractivity contribution in [3.63, 3.8) is 0 Å². The predicted octanol–water partition coefficient (Wildman–Crippen LogP) is 2.55. The van der Waals surface area contributed by atoms with E-state index in [1.807, 2.05) is 24.6 Å². The zero-order valence-corrected chi connectivity index (χ0v) is 10.9. The zero-order valence-electron chi connectivity index (χ0n) is 10.9. The molecule has 0 bridgehead atoms. The Balaban J connectivity index is 2.35. The third-order valence-corrected chi connectivity index (χ3v) is 3.47. The van der Waals surface area contributed by atoms with Gasteiger partial charge < -0.3 is 19.3 Å². The van der Waals surface area contributed by atoms with Gasteiger partial charge in [0.15, 0.2) is 0 Å². The van der Waals surface area contributed by atoms with Gasteiger partial charge in [0.25, 0.3) is 0 Å². The summed E-state index contributed by atoms with van der Waals surface area (Å²) < 4.78 is 6.71. The minimum absolute atomic E-state index is 0.126. The van der Waals surface area contributed by atoms with E-state index >= 15 is 0 Å². The Kier molecular flexibility index (Phi) is 2.53. The SMILES string of the molecule is Cc1c(-c2cc(C(=O)O)on2)c2c(O)cccc2n1C. The number of phenolic OH excluding ortho intramolecular Hbond substituents is 1. The van der Waals surface area contributed by atoms with Crippen LogP contribution in [-0.2, 0) is 7.05 Å². The molecular weight excluding hydrogens is 260 g/mol. The van der Waals surface area contributed by atoms with E-state index in [0.717, 1.165) is 11.2 Å². The van der Waals surface area contributed by atoms with Gasteiger partial charge in [0, 0.05) is 24.4 Å². The zero-order chi connectivity index (χ0) is 14.4. The second-order valence-electron chi connectivity index (χ2n) is 4.57. The second-order valence-corrected chi connectivity index (χ2v) is 4.57. The first-order chi connectivity index (χ1) is 9.50. The molecule has 0 spiro atoms. The van der Waals surface area contributed by atoms with E-state index in [0.29, 0.717) is 16.6 Å². The van der Waals surface area contributed by atoms with Crippen molar-refractivity contribution in [2.24, 2.45) is 7.05 Å². The number of hydrogen-bond donors (Lipinski definition) is 2. The van der Waals surface area contributed by atoms with Gasteiger partial charge in [-0.3, -0.25) is 0 Å². The summed E-state index contributed by atoms with van der Waals surface area (Å²) in [5, 5.41) is 23.4. The predicted molar refractivity (Wildman–Crippen MR) is 71.8 cm³/mol. The summed E-state index contributed by atoms with van der Waals surface area (Å²) in [6, 6.07) is 6.58. The highest BCUT2D eigenvalue weighted by Crippen LogP contribution is 2.38. The topological polar surface area (TPSA) is 88.5 Å². The van der Waals surface area contributed by atoms with Crippen molar-refractivity contribution in [1.82, 2.24) is 9.72 Å². The Morgan fingerprint density at radius 1 is 1.40 bits per heavy atom. The van der Waals surface area contributed by atoms with Gasteiger partial charge in [-0.1, -0.05) is 11.2 Å². The van der Waals surface area contributed by atoms with Crippen LogP contribution < -0.4 is 0 Å². The quantitative estimate of drug-likeness (QED) is 0.748. The fourth-order valence-electron chi connectivity index (χ4n) is 2.40. The number of phenols is 1. The fourth-order valence-corrected chi connectivity index (χ4v) is 2.40. The number of benzene rings is 1. The molecule has 0 aliphatic rings. The molecule has 1 aromatic carbocycles. The average Bonchev–Trinajstić information content (AvgIpc) is 2.97. The molecule has 6 nitrogen and oxygen atoms in total. The van der Waals surface area contributed by atoms with Crippen LogP contribution in [0.3, 0.4) is 0 Å². The Labute approximate surface area is 113 Å². The van der Waals surface area contributed by atoms with E-state index in [9.17, 15) is 9.90 Å². The number of aromatic carboxylic acids is 1. The van der Waals surface area contributed by atoms with Gasteiger partial charge in [0.1, 0.15) is 11.4 Å². The lowest BCUT2D eigenvalue weighted by molar-refractivity contribution is 0.0652. The molecule has 0 unspecified atom stereocenters. The highest BCUT2D eigenvalue weighted by atomic mass is 16.5. The van der Waals surface area contributed by atoms with Gasteiger partial charge in [-0.2, -0.15) is 0 Å².